The summed E-state index contributed by atoms with van der Waals surface area (Å²) in [5, 5.41) is 2.18. The van der Waals surface area contributed by atoms with Crippen LogP contribution in [-0.4, -0.2) is 37.0 Å². The Morgan fingerprint density at radius 1 is 1.16 bits per heavy atom. The van der Waals surface area contributed by atoms with E-state index in [4.69, 9.17) is 9.47 Å². The fraction of sp³-hybridized carbons (Fsp3) is 0.182. The molecule has 0 radical (unpaired) electrons. The van der Waals surface area contributed by atoms with Gasteiger partial charge in [0.2, 0.25) is 0 Å². The van der Waals surface area contributed by atoms with Gasteiger partial charge in [0.1, 0.15) is 11.3 Å². The number of halogens is 1. The first-order chi connectivity index (χ1) is 14.8. The molecule has 1 N–H and O–H groups in total. The van der Waals surface area contributed by atoms with E-state index < -0.39 is 23.8 Å². The lowest BCUT2D eigenvalue weighted by Crippen LogP contribution is -2.54. The van der Waals surface area contributed by atoms with Gasteiger partial charge in [-0.05, 0) is 49.8 Å². The number of ether oxygens (including phenoxy) is 2. The molecule has 3 rings (SSSR count). The molecule has 0 aromatic heterocycles. The predicted octanol–water partition coefficient (Wildman–Crippen LogP) is 3.37. The number of hydrogen-bond donors (Lipinski definition) is 1. The van der Waals surface area contributed by atoms with Crippen LogP contribution in [0.1, 0.15) is 18.1 Å². The lowest BCUT2D eigenvalue weighted by Gasteiger charge is -2.26. The summed E-state index contributed by atoms with van der Waals surface area (Å²) in [5.41, 5.74) is 1.30. The third-order valence-electron chi connectivity index (χ3n) is 4.37. The predicted molar refractivity (Wildman–Crippen MR) is 116 cm³/mol. The summed E-state index contributed by atoms with van der Waals surface area (Å²) in [6.07, 6.45) is 1.32. The Kier molecular flexibility index (Phi) is 6.86. The number of nitrogens with one attached hydrogen (secondary N) is 1. The average Bonchev–Trinajstić information content (AvgIpc) is 2.73. The fourth-order valence-corrected chi connectivity index (χ4v) is 3.13. The van der Waals surface area contributed by atoms with Crippen molar-refractivity contribution >= 4 is 51.5 Å². The van der Waals surface area contributed by atoms with E-state index in [-0.39, 0.29) is 24.5 Å². The van der Waals surface area contributed by atoms with Gasteiger partial charge in [-0.1, -0.05) is 34.1 Å². The molecule has 4 amide bonds. The number of imide groups is 2. The van der Waals surface area contributed by atoms with Crippen molar-refractivity contribution in [2.45, 2.75) is 13.8 Å². The smallest absolute Gasteiger partial charge is 0.344 e. The molecule has 0 aliphatic carbocycles. The molecule has 0 unspecified atom stereocenters. The van der Waals surface area contributed by atoms with E-state index in [1.54, 1.807) is 49.4 Å². The summed E-state index contributed by atoms with van der Waals surface area (Å²) in [6, 6.07) is 10.7. The van der Waals surface area contributed by atoms with Crippen molar-refractivity contribution in [3.05, 3.63) is 63.6 Å². The topological polar surface area (TPSA) is 102 Å². The number of anilines is 1. The largest absolute Gasteiger partial charge is 0.481 e. The average molecular weight is 487 g/mol. The Bertz CT molecular complexity index is 1100. The van der Waals surface area contributed by atoms with E-state index >= 15 is 0 Å². The lowest BCUT2D eigenvalue weighted by atomic mass is 10.1. The highest BCUT2D eigenvalue weighted by molar-refractivity contribution is 9.10. The van der Waals surface area contributed by atoms with E-state index in [0.29, 0.717) is 11.3 Å². The fourth-order valence-electron chi connectivity index (χ4n) is 2.89. The summed E-state index contributed by atoms with van der Waals surface area (Å²) in [6.45, 7) is 3.40. The highest BCUT2D eigenvalue weighted by atomic mass is 79.9. The SMILES string of the molecule is CCOC(=O)COc1ccccc1C=C1C(=O)NC(=O)N(c2ccc(Br)c(C)c2)C1=O. The first kappa shape index (κ1) is 22.2. The van der Waals surface area contributed by atoms with Gasteiger partial charge in [0.05, 0.1) is 12.3 Å². The van der Waals surface area contributed by atoms with Crippen LogP contribution in [0.5, 0.6) is 5.75 Å². The first-order valence-electron chi connectivity index (χ1n) is 9.37. The molecule has 1 fully saturated rings. The first-order valence-corrected chi connectivity index (χ1v) is 10.2. The maximum atomic E-state index is 13.1. The van der Waals surface area contributed by atoms with Gasteiger partial charge in [-0.3, -0.25) is 14.9 Å². The summed E-state index contributed by atoms with van der Waals surface area (Å²) in [5.74, 6) is -1.85. The lowest BCUT2D eigenvalue weighted by molar-refractivity contribution is -0.145. The molecule has 1 saturated heterocycles. The zero-order valence-electron chi connectivity index (χ0n) is 16.8. The van der Waals surface area contributed by atoms with Crippen molar-refractivity contribution < 1.29 is 28.7 Å². The summed E-state index contributed by atoms with van der Waals surface area (Å²) >= 11 is 3.38. The minimum absolute atomic E-state index is 0.224. The minimum Gasteiger partial charge on any atom is -0.481 e. The van der Waals surface area contributed by atoms with Crippen LogP contribution >= 0.6 is 15.9 Å². The van der Waals surface area contributed by atoms with Crippen LogP contribution in [-0.2, 0) is 19.1 Å². The number of esters is 1. The van der Waals surface area contributed by atoms with Crippen molar-refractivity contribution in [3.63, 3.8) is 0 Å². The van der Waals surface area contributed by atoms with Gasteiger partial charge >= 0.3 is 12.0 Å². The molecule has 0 saturated carbocycles. The van der Waals surface area contributed by atoms with Crippen LogP contribution in [0.4, 0.5) is 10.5 Å². The van der Waals surface area contributed by atoms with Crippen molar-refractivity contribution in [2.24, 2.45) is 0 Å². The second-order valence-electron chi connectivity index (χ2n) is 6.52. The van der Waals surface area contributed by atoms with Gasteiger partial charge < -0.3 is 9.47 Å². The molecule has 1 aliphatic rings. The highest BCUT2D eigenvalue weighted by Gasteiger charge is 2.37. The third-order valence-corrected chi connectivity index (χ3v) is 5.26. The van der Waals surface area contributed by atoms with Gasteiger partial charge in [-0.15, -0.1) is 0 Å². The maximum absolute atomic E-state index is 13.1. The molecule has 2 aromatic carbocycles. The highest BCUT2D eigenvalue weighted by Crippen LogP contribution is 2.28. The van der Waals surface area contributed by atoms with Gasteiger partial charge in [-0.2, -0.15) is 0 Å². The Morgan fingerprint density at radius 2 is 1.90 bits per heavy atom. The van der Waals surface area contributed by atoms with Crippen LogP contribution in [0.2, 0.25) is 0 Å². The molecule has 2 aromatic rings. The number of urea groups is 1. The third kappa shape index (κ3) is 5.00. The zero-order chi connectivity index (χ0) is 22.5. The molecule has 0 atom stereocenters. The Balaban J connectivity index is 1.93. The number of amides is 4. The number of rotatable bonds is 6. The van der Waals surface area contributed by atoms with E-state index in [0.717, 1.165) is 14.9 Å². The number of aryl methyl sites for hydroxylation is 1. The molecule has 8 nitrogen and oxygen atoms in total. The molecule has 160 valence electrons. The second kappa shape index (κ2) is 9.57. The molecule has 9 heteroatoms. The van der Waals surface area contributed by atoms with Crippen LogP contribution in [0.3, 0.4) is 0 Å². The van der Waals surface area contributed by atoms with E-state index in [1.807, 2.05) is 6.92 Å². The van der Waals surface area contributed by atoms with Crippen molar-refractivity contribution in [1.82, 2.24) is 5.32 Å². The summed E-state index contributed by atoms with van der Waals surface area (Å²) in [7, 11) is 0. The quantitative estimate of drug-likeness (QED) is 0.381. The molecular weight excluding hydrogens is 468 g/mol. The van der Waals surface area contributed by atoms with Crippen LogP contribution < -0.4 is 15.0 Å². The van der Waals surface area contributed by atoms with Gasteiger partial charge in [-0.25, -0.2) is 14.5 Å². The van der Waals surface area contributed by atoms with Gasteiger partial charge in [0.15, 0.2) is 6.61 Å². The minimum atomic E-state index is -0.833. The van der Waals surface area contributed by atoms with Gasteiger partial charge in [0, 0.05) is 10.0 Å². The number of hydrogen-bond acceptors (Lipinski definition) is 6. The van der Waals surface area contributed by atoms with Gasteiger partial charge in [0.25, 0.3) is 11.8 Å². The van der Waals surface area contributed by atoms with Crippen LogP contribution in [0.25, 0.3) is 6.08 Å². The summed E-state index contributed by atoms with van der Waals surface area (Å²) < 4.78 is 11.1. The van der Waals surface area contributed by atoms with E-state index in [9.17, 15) is 19.2 Å². The number of barbiturate groups is 1. The number of carbonyl (C=O) groups excluding carboxylic acids is 4. The number of para-hydroxylation sites is 1. The molecule has 31 heavy (non-hydrogen) atoms. The molecule has 0 bridgehead atoms. The standard InChI is InChI=1S/C22H19BrN2O6/c1-3-30-19(26)12-31-18-7-5-4-6-14(18)11-16-20(27)24-22(29)25(21(16)28)15-8-9-17(23)13(2)10-15/h4-11H,3,12H2,1-2H3,(H,24,27,29). The molecule has 1 heterocycles. The van der Waals surface area contributed by atoms with E-state index in [2.05, 4.69) is 21.2 Å². The maximum Gasteiger partial charge on any atom is 0.344 e. The van der Waals surface area contributed by atoms with Crippen molar-refractivity contribution in [1.29, 1.82) is 0 Å². The number of nitrogens with zero attached hydrogens (tertiary/aromatic N) is 1. The number of benzene rings is 2. The van der Waals surface area contributed by atoms with E-state index in [1.165, 1.54) is 6.08 Å². The van der Waals surface area contributed by atoms with Crippen molar-refractivity contribution in [3.8, 4) is 5.75 Å². The molecule has 1 aliphatic heterocycles. The zero-order valence-corrected chi connectivity index (χ0v) is 18.4. The van der Waals surface area contributed by atoms with Crippen LogP contribution in [0.15, 0.2) is 52.5 Å². The van der Waals surface area contributed by atoms with Crippen molar-refractivity contribution in [2.75, 3.05) is 18.1 Å². The Hall–Kier alpha value is -3.46. The Morgan fingerprint density at radius 3 is 2.61 bits per heavy atom. The monoisotopic (exact) mass is 486 g/mol. The normalized spacial score (nSPS) is 15.1. The Labute approximate surface area is 186 Å². The molecular formula is C22H19BrN2O6. The summed E-state index contributed by atoms with van der Waals surface area (Å²) in [4.78, 5) is 50.3. The second-order valence-corrected chi connectivity index (χ2v) is 7.38. The van der Waals surface area contributed by atoms with Crippen LogP contribution in [0, 0.1) is 6.92 Å². The number of carbonyl (C=O) groups is 4. The molecule has 0 spiro atoms.